The zero-order chi connectivity index (χ0) is 11.0. The lowest BCUT2D eigenvalue weighted by molar-refractivity contribution is -0.120. The van der Waals surface area contributed by atoms with E-state index in [2.05, 4.69) is 10.6 Å². The summed E-state index contributed by atoms with van der Waals surface area (Å²) in [5.74, 6) is 0.735. The third-order valence-corrected chi connectivity index (χ3v) is 2.81. The minimum atomic E-state index is -0.753. The number of rotatable bonds is 7. The summed E-state index contributed by atoms with van der Waals surface area (Å²) < 4.78 is 10.8. The van der Waals surface area contributed by atoms with Crippen LogP contribution in [0.5, 0.6) is 0 Å². The Hall–Kier alpha value is -0.420. The van der Waals surface area contributed by atoms with Crippen molar-refractivity contribution in [3.05, 3.63) is 0 Å². The van der Waals surface area contributed by atoms with E-state index in [0.29, 0.717) is 12.2 Å². The van der Waals surface area contributed by atoms with E-state index in [9.17, 15) is 9.00 Å². The van der Waals surface area contributed by atoms with Crippen LogP contribution in [0.4, 0.5) is 0 Å². The van der Waals surface area contributed by atoms with Crippen molar-refractivity contribution in [2.24, 2.45) is 0 Å². The normalized spacial score (nSPS) is 14.8. The monoisotopic (exact) mass is 220 g/mol. The molecule has 1 amide bonds. The summed E-state index contributed by atoms with van der Waals surface area (Å²) >= 11 is 0. The van der Waals surface area contributed by atoms with E-state index in [1.54, 1.807) is 13.3 Å². The molecule has 14 heavy (non-hydrogen) atoms. The molecular formula is C9H20N2O2S. The Balaban J connectivity index is 3.35. The van der Waals surface area contributed by atoms with Crippen LogP contribution in [0.25, 0.3) is 0 Å². The first-order valence-corrected chi connectivity index (χ1v) is 6.53. The van der Waals surface area contributed by atoms with E-state index < -0.39 is 10.8 Å². The SMILES string of the molecule is CNC(=O)CCCNC(C)CS(C)=O. The quantitative estimate of drug-likeness (QED) is 0.588. The van der Waals surface area contributed by atoms with Crippen molar-refractivity contribution in [1.29, 1.82) is 0 Å². The van der Waals surface area contributed by atoms with Gasteiger partial charge >= 0.3 is 0 Å². The van der Waals surface area contributed by atoms with Crippen molar-refractivity contribution in [3.63, 3.8) is 0 Å². The fourth-order valence-corrected chi connectivity index (χ4v) is 1.96. The van der Waals surface area contributed by atoms with Crippen molar-refractivity contribution in [1.82, 2.24) is 10.6 Å². The van der Waals surface area contributed by atoms with Crippen LogP contribution in [0.2, 0.25) is 0 Å². The molecular weight excluding hydrogens is 200 g/mol. The van der Waals surface area contributed by atoms with Gasteiger partial charge in [-0.1, -0.05) is 0 Å². The van der Waals surface area contributed by atoms with Gasteiger partial charge in [-0.3, -0.25) is 9.00 Å². The number of nitrogens with one attached hydrogen (secondary N) is 2. The van der Waals surface area contributed by atoms with E-state index in [4.69, 9.17) is 0 Å². The Morgan fingerprint density at radius 2 is 2.14 bits per heavy atom. The summed E-state index contributed by atoms with van der Waals surface area (Å²) in [6, 6.07) is 0.255. The van der Waals surface area contributed by atoms with E-state index in [0.717, 1.165) is 13.0 Å². The number of hydrogen-bond acceptors (Lipinski definition) is 3. The first kappa shape index (κ1) is 13.6. The third-order valence-electron chi connectivity index (χ3n) is 1.84. The maximum absolute atomic E-state index is 10.8. The lowest BCUT2D eigenvalue weighted by Gasteiger charge is -2.11. The standard InChI is InChI=1S/C9H20N2O2S/c1-8(7-14(3)13)11-6-4-5-9(12)10-2/h8,11H,4-7H2,1-3H3,(H,10,12). The molecule has 0 saturated carbocycles. The van der Waals surface area contributed by atoms with Crippen LogP contribution in [0.15, 0.2) is 0 Å². The molecule has 0 rings (SSSR count). The van der Waals surface area contributed by atoms with Crippen molar-refractivity contribution in [2.45, 2.75) is 25.8 Å². The predicted octanol–water partition coefficient (Wildman–Crippen LogP) is -0.131. The first-order valence-electron chi connectivity index (χ1n) is 4.80. The van der Waals surface area contributed by atoms with Crippen LogP contribution < -0.4 is 10.6 Å². The predicted molar refractivity (Wildman–Crippen MR) is 59.7 cm³/mol. The number of carbonyl (C=O) groups is 1. The second-order valence-electron chi connectivity index (χ2n) is 3.37. The summed E-state index contributed by atoms with van der Waals surface area (Å²) in [7, 11) is 0.884. The maximum atomic E-state index is 10.8. The zero-order valence-electron chi connectivity index (χ0n) is 9.13. The summed E-state index contributed by atoms with van der Waals surface area (Å²) in [5, 5.41) is 5.79. The molecule has 0 saturated heterocycles. The highest BCUT2D eigenvalue weighted by Crippen LogP contribution is 1.90. The number of carbonyl (C=O) groups excluding carboxylic acids is 1. The van der Waals surface area contributed by atoms with Gasteiger partial charge in [0.15, 0.2) is 0 Å². The molecule has 0 aliphatic carbocycles. The molecule has 0 bridgehead atoms. The first-order chi connectivity index (χ1) is 6.56. The van der Waals surface area contributed by atoms with Crippen LogP contribution in [-0.2, 0) is 15.6 Å². The van der Waals surface area contributed by atoms with Gasteiger partial charge in [0.25, 0.3) is 0 Å². The maximum Gasteiger partial charge on any atom is 0.219 e. The average molecular weight is 220 g/mol. The molecule has 0 aromatic heterocycles. The highest BCUT2D eigenvalue weighted by Gasteiger charge is 2.03. The molecule has 0 aromatic rings. The van der Waals surface area contributed by atoms with Gasteiger partial charge in [-0.2, -0.15) is 0 Å². The van der Waals surface area contributed by atoms with Gasteiger partial charge in [-0.25, -0.2) is 0 Å². The smallest absolute Gasteiger partial charge is 0.219 e. The van der Waals surface area contributed by atoms with Gasteiger partial charge in [0.2, 0.25) is 5.91 Å². The van der Waals surface area contributed by atoms with Gasteiger partial charge in [-0.15, -0.1) is 0 Å². The van der Waals surface area contributed by atoms with Crippen molar-refractivity contribution in [3.8, 4) is 0 Å². The van der Waals surface area contributed by atoms with E-state index >= 15 is 0 Å². The van der Waals surface area contributed by atoms with Crippen molar-refractivity contribution in [2.75, 3.05) is 25.6 Å². The Morgan fingerprint density at radius 3 is 2.64 bits per heavy atom. The van der Waals surface area contributed by atoms with Gasteiger partial charge in [0, 0.05) is 42.3 Å². The Bertz CT molecular complexity index is 197. The van der Waals surface area contributed by atoms with E-state index in [1.165, 1.54) is 0 Å². The molecule has 0 heterocycles. The second kappa shape index (κ2) is 7.94. The summed E-state index contributed by atoms with van der Waals surface area (Å²) in [5.41, 5.74) is 0. The molecule has 4 nitrogen and oxygen atoms in total. The van der Waals surface area contributed by atoms with Crippen LogP contribution in [0, 0.1) is 0 Å². The summed E-state index contributed by atoms with van der Waals surface area (Å²) in [6.45, 7) is 2.80. The van der Waals surface area contributed by atoms with E-state index in [-0.39, 0.29) is 11.9 Å². The van der Waals surface area contributed by atoms with Gasteiger partial charge < -0.3 is 10.6 Å². The molecule has 0 fully saturated rings. The minimum Gasteiger partial charge on any atom is -0.359 e. The lowest BCUT2D eigenvalue weighted by Crippen LogP contribution is -2.32. The van der Waals surface area contributed by atoms with Gasteiger partial charge in [-0.05, 0) is 19.9 Å². The fourth-order valence-electron chi connectivity index (χ4n) is 1.13. The summed E-state index contributed by atoms with van der Waals surface area (Å²) in [6.07, 6.45) is 3.06. The van der Waals surface area contributed by atoms with Gasteiger partial charge in [0.05, 0.1) is 0 Å². The molecule has 0 spiro atoms. The highest BCUT2D eigenvalue weighted by atomic mass is 32.2. The van der Waals surface area contributed by atoms with Crippen molar-refractivity contribution < 1.29 is 9.00 Å². The average Bonchev–Trinajstić information content (AvgIpc) is 2.10. The number of amides is 1. The summed E-state index contributed by atoms with van der Waals surface area (Å²) in [4.78, 5) is 10.8. The fraction of sp³-hybridized carbons (Fsp3) is 0.889. The molecule has 0 aliphatic heterocycles. The second-order valence-corrected chi connectivity index (χ2v) is 4.85. The minimum absolute atomic E-state index is 0.0681. The zero-order valence-corrected chi connectivity index (χ0v) is 9.95. The molecule has 2 atom stereocenters. The van der Waals surface area contributed by atoms with Crippen LogP contribution >= 0.6 is 0 Å². The Labute approximate surface area is 88.3 Å². The third kappa shape index (κ3) is 8.19. The largest absolute Gasteiger partial charge is 0.359 e. The molecule has 2 unspecified atom stereocenters. The lowest BCUT2D eigenvalue weighted by atomic mass is 10.3. The molecule has 0 radical (unpaired) electrons. The number of hydrogen-bond donors (Lipinski definition) is 2. The molecule has 5 heteroatoms. The topological polar surface area (TPSA) is 58.2 Å². The molecule has 0 aliphatic rings. The van der Waals surface area contributed by atoms with Crippen LogP contribution in [0.1, 0.15) is 19.8 Å². The van der Waals surface area contributed by atoms with Crippen LogP contribution in [-0.4, -0.2) is 41.8 Å². The highest BCUT2D eigenvalue weighted by molar-refractivity contribution is 7.84. The Kier molecular flexibility index (Phi) is 7.70. The Morgan fingerprint density at radius 1 is 1.50 bits per heavy atom. The van der Waals surface area contributed by atoms with E-state index in [1.807, 2.05) is 6.92 Å². The molecule has 84 valence electrons. The molecule has 0 aromatic carbocycles. The van der Waals surface area contributed by atoms with Crippen LogP contribution in [0.3, 0.4) is 0 Å². The molecule has 2 N–H and O–H groups in total. The van der Waals surface area contributed by atoms with Gasteiger partial charge in [0.1, 0.15) is 0 Å². The van der Waals surface area contributed by atoms with Crippen molar-refractivity contribution >= 4 is 16.7 Å².